The molecule has 0 radical (unpaired) electrons. The lowest BCUT2D eigenvalue weighted by atomic mass is 9.93. The van der Waals surface area contributed by atoms with Gasteiger partial charge in [0, 0.05) is 13.5 Å². The van der Waals surface area contributed by atoms with Crippen LogP contribution in [-0.2, 0) is 9.53 Å². The van der Waals surface area contributed by atoms with Crippen LogP contribution in [0.2, 0.25) is 0 Å². The number of methoxy groups -OCH3 is 1. The molecule has 0 spiro atoms. The first-order valence-electron chi connectivity index (χ1n) is 5.75. The quantitative estimate of drug-likeness (QED) is 0.571. The highest BCUT2D eigenvalue weighted by Gasteiger charge is 2.08. The van der Waals surface area contributed by atoms with Gasteiger partial charge in [0.2, 0.25) is 0 Å². The number of carbonyl (C=O) groups excluding carboxylic acids is 1. The van der Waals surface area contributed by atoms with Gasteiger partial charge in [-0.3, -0.25) is 4.79 Å². The van der Waals surface area contributed by atoms with Crippen molar-refractivity contribution in [2.45, 2.75) is 52.4 Å². The summed E-state index contributed by atoms with van der Waals surface area (Å²) in [5.41, 5.74) is 0. The second-order valence-corrected chi connectivity index (χ2v) is 3.93. The molecule has 0 aliphatic heterocycles. The van der Waals surface area contributed by atoms with Crippen LogP contribution in [-0.4, -0.2) is 19.5 Å². The number of unbranched alkanes of at least 4 members (excludes halogenated alkanes) is 1. The molecule has 0 fully saturated rings. The fourth-order valence-corrected chi connectivity index (χ4v) is 1.64. The van der Waals surface area contributed by atoms with Gasteiger partial charge in [-0.25, -0.2) is 0 Å². The third-order valence-electron chi connectivity index (χ3n) is 2.68. The van der Waals surface area contributed by atoms with E-state index in [4.69, 9.17) is 4.74 Å². The van der Waals surface area contributed by atoms with Gasteiger partial charge in [-0.05, 0) is 12.3 Å². The molecule has 0 rings (SSSR count). The summed E-state index contributed by atoms with van der Waals surface area (Å²) in [4.78, 5) is 11.2. The van der Waals surface area contributed by atoms with E-state index in [1.54, 1.807) is 7.11 Å². The normalized spacial score (nSPS) is 12.8. The molecule has 14 heavy (non-hydrogen) atoms. The summed E-state index contributed by atoms with van der Waals surface area (Å²) in [7, 11) is 1.58. The highest BCUT2D eigenvalue weighted by atomic mass is 16.5. The Labute approximate surface area is 88.0 Å². The highest BCUT2D eigenvalue weighted by molar-refractivity contribution is 5.79. The average Bonchev–Trinajstić information content (AvgIpc) is 2.19. The maximum Gasteiger partial charge on any atom is 0.158 e. The fraction of sp³-hybridized carbons (Fsp3) is 0.917. The van der Waals surface area contributed by atoms with Crippen molar-refractivity contribution in [3.8, 4) is 0 Å². The molecule has 2 heteroatoms. The number of carbonyl (C=O) groups is 1. The van der Waals surface area contributed by atoms with Crippen molar-refractivity contribution in [2.75, 3.05) is 13.7 Å². The van der Waals surface area contributed by atoms with Crippen LogP contribution < -0.4 is 0 Å². The second-order valence-electron chi connectivity index (χ2n) is 3.93. The molecule has 0 aromatic heterocycles. The molecular weight excluding hydrogens is 176 g/mol. The van der Waals surface area contributed by atoms with Crippen LogP contribution in [0.5, 0.6) is 0 Å². The molecule has 2 nitrogen and oxygen atoms in total. The summed E-state index contributed by atoms with van der Waals surface area (Å²) in [5.74, 6) is 0.971. The van der Waals surface area contributed by atoms with Crippen LogP contribution in [0.4, 0.5) is 0 Å². The van der Waals surface area contributed by atoms with Crippen molar-refractivity contribution < 1.29 is 9.53 Å². The third-order valence-corrected chi connectivity index (χ3v) is 2.68. The van der Waals surface area contributed by atoms with Crippen LogP contribution in [0.15, 0.2) is 0 Å². The Bertz CT molecular complexity index is 143. The van der Waals surface area contributed by atoms with Gasteiger partial charge in [0.05, 0.1) is 0 Å². The van der Waals surface area contributed by atoms with Crippen LogP contribution >= 0.6 is 0 Å². The Morgan fingerprint density at radius 1 is 1.29 bits per heavy atom. The van der Waals surface area contributed by atoms with Gasteiger partial charge < -0.3 is 4.74 Å². The smallest absolute Gasteiger partial charge is 0.158 e. The van der Waals surface area contributed by atoms with Crippen molar-refractivity contribution in [2.24, 2.45) is 5.92 Å². The van der Waals surface area contributed by atoms with E-state index < -0.39 is 0 Å². The maximum absolute atomic E-state index is 11.2. The Morgan fingerprint density at radius 3 is 2.50 bits per heavy atom. The first kappa shape index (κ1) is 13.6. The average molecular weight is 200 g/mol. The van der Waals surface area contributed by atoms with Crippen molar-refractivity contribution >= 4 is 5.78 Å². The summed E-state index contributed by atoms with van der Waals surface area (Å²) >= 11 is 0. The van der Waals surface area contributed by atoms with Gasteiger partial charge in [-0.2, -0.15) is 0 Å². The van der Waals surface area contributed by atoms with E-state index in [-0.39, 0.29) is 12.4 Å². The van der Waals surface area contributed by atoms with Crippen LogP contribution in [0.3, 0.4) is 0 Å². The Balaban J connectivity index is 3.55. The van der Waals surface area contributed by atoms with Crippen molar-refractivity contribution in [1.29, 1.82) is 0 Å². The Hall–Kier alpha value is -0.370. The number of ether oxygens (including phenoxy) is 1. The molecule has 1 atom stereocenters. The van der Waals surface area contributed by atoms with Crippen LogP contribution in [0.25, 0.3) is 0 Å². The number of rotatable bonds is 9. The molecular formula is C12H24O2. The summed E-state index contributed by atoms with van der Waals surface area (Å²) in [6.07, 6.45) is 6.74. The lowest BCUT2D eigenvalue weighted by molar-refractivity contribution is -0.122. The minimum Gasteiger partial charge on any atom is -0.377 e. The largest absolute Gasteiger partial charge is 0.377 e. The predicted molar refractivity (Wildman–Crippen MR) is 59.4 cm³/mol. The number of hydrogen-bond acceptors (Lipinski definition) is 2. The second kappa shape index (κ2) is 9.20. The molecule has 0 aromatic rings. The van der Waals surface area contributed by atoms with E-state index in [1.165, 1.54) is 25.7 Å². The van der Waals surface area contributed by atoms with E-state index in [1.807, 2.05) is 0 Å². The molecule has 84 valence electrons. The number of Topliss-reactive ketones (excluding diaryl/α,β-unsaturated/α-hetero) is 1. The zero-order chi connectivity index (χ0) is 10.8. The fourth-order valence-electron chi connectivity index (χ4n) is 1.64. The topological polar surface area (TPSA) is 26.3 Å². The zero-order valence-electron chi connectivity index (χ0n) is 9.84. The number of hydrogen-bond donors (Lipinski definition) is 0. The number of ketones is 1. The zero-order valence-corrected chi connectivity index (χ0v) is 9.84. The molecule has 1 unspecified atom stereocenters. The molecule has 0 saturated heterocycles. The van der Waals surface area contributed by atoms with E-state index in [2.05, 4.69) is 13.8 Å². The summed E-state index contributed by atoms with van der Waals surface area (Å²) in [5, 5.41) is 0. The van der Waals surface area contributed by atoms with Crippen molar-refractivity contribution in [3.05, 3.63) is 0 Å². The van der Waals surface area contributed by atoms with E-state index in [9.17, 15) is 4.79 Å². The lowest BCUT2D eigenvalue weighted by Crippen LogP contribution is -2.09. The summed E-state index contributed by atoms with van der Waals surface area (Å²) in [6, 6.07) is 0. The Morgan fingerprint density at radius 2 is 2.00 bits per heavy atom. The third kappa shape index (κ3) is 7.07. The predicted octanol–water partition coefficient (Wildman–Crippen LogP) is 3.20. The minimum atomic E-state index is 0.238. The van der Waals surface area contributed by atoms with E-state index in [0.717, 1.165) is 12.3 Å². The maximum atomic E-state index is 11.2. The summed E-state index contributed by atoms with van der Waals surface area (Å²) in [6.45, 7) is 4.70. The van der Waals surface area contributed by atoms with Crippen molar-refractivity contribution in [1.82, 2.24) is 0 Å². The van der Waals surface area contributed by atoms with Gasteiger partial charge in [0.15, 0.2) is 5.78 Å². The molecule has 0 saturated carbocycles. The first-order chi connectivity index (χ1) is 6.74. The van der Waals surface area contributed by atoms with Gasteiger partial charge >= 0.3 is 0 Å². The molecule has 0 aliphatic rings. The molecule has 0 amide bonds. The standard InChI is InChI=1S/C12H24O2/c1-4-6-7-11(5-2)8-9-12(13)10-14-3/h11H,4-10H2,1-3H3. The van der Waals surface area contributed by atoms with Gasteiger partial charge in [-0.1, -0.05) is 39.5 Å². The monoisotopic (exact) mass is 200 g/mol. The first-order valence-corrected chi connectivity index (χ1v) is 5.75. The van der Waals surface area contributed by atoms with E-state index >= 15 is 0 Å². The molecule has 0 aromatic carbocycles. The Kier molecular flexibility index (Phi) is 8.95. The van der Waals surface area contributed by atoms with E-state index in [0.29, 0.717) is 6.42 Å². The van der Waals surface area contributed by atoms with Gasteiger partial charge in [-0.15, -0.1) is 0 Å². The minimum absolute atomic E-state index is 0.238. The molecule has 0 heterocycles. The lowest BCUT2D eigenvalue weighted by Gasteiger charge is -2.13. The summed E-state index contributed by atoms with van der Waals surface area (Å²) < 4.78 is 4.80. The highest BCUT2D eigenvalue weighted by Crippen LogP contribution is 2.18. The van der Waals surface area contributed by atoms with Crippen LogP contribution in [0, 0.1) is 5.92 Å². The van der Waals surface area contributed by atoms with Gasteiger partial charge in [0.1, 0.15) is 6.61 Å². The van der Waals surface area contributed by atoms with Crippen molar-refractivity contribution in [3.63, 3.8) is 0 Å². The molecule has 0 bridgehead atoms. The molecule has 0 aliphatic carbocycles. The SMILES string of the molecule is CCCCC(CC)CCC(=O)COC. The molecule has 0 N–H and O–H groups in total. The van der Waals surface area contributed by atoms with Gasteiger partial charge in [0.25, 0.3) is 0 Å². The van der Waals surface area contributed by atoms with Crippen LogP contribution in [0.1, 0.15) is 52.4 Å².